The van der Waals surface area contributed by atoms with Gasteiger partial charge in [0.1, 0.15) is 6.34 Å². The van der Waals surface area contributed by atoms with E-state index in [2.05, 4.69) is 9.44 Å². The van der Waals surface area contributed by atoms with E-state index in [-0.39, 0.29) is 0 Å². The van der Waals surface area contributed by atoms with Gasteiger partial charge in [-0.2, -0.15) is 4.21 Å². The highest BCUT2D eigenvalue weighted by atomic mass is 32.2. The van der Waals surface area contributed by atoms with Crippen molar-refractivity contribution in [3.8, 4) is 0 Å². The molecule has 0 fully saturated rings. The molecule has 0 aliphatic carbocycles. The molecule has 0 amide bonds. The fourth-order valence-electron chi connectivity index (χ4n) is 1.05. The summed E-state index contributed by atoms with van der Waals surface area (Å²) in [6, 6.07) is 9.74. The SMILES string of the molecule is O=S1ON=CN1Cc1ccccc1. The van der Waals surface area contributed by atoms with Crippen LogP contribution in [0.4, 0.5) is 0 Å². The standard InChI is InChI=1S/C8H8N2O2S/c11-13-10(7-9-12-13)6-8-4-2-1-3-5-8/h1-5,7H,6H2. The number of oxime groups is 1. The molecule has 5 heteroatoms. The highest BCUT2D eigenvalue weighted by molar-refractivity contribution is 7.78. The fourth-order valence-corrected chi connectivity index (χ4v) is 1.61. The third-order valence-electron chi connectivity index (χ3n) is 1.66. The summed E-state index contributed by atoms with van der Waals surface area (Å²) in [6.07, 6.45) is 1.43. The van der Waals surface area contributed by atoms with Crippen LogP contribution in [0.1, 0.15) is 5.56 Å². The molecule has 0 bridgehead atoms. The van der Waals surface area contributed by atoms with Crippen molar-refractivity contribution in [2.45, 2.75) is 6.54 Å². The summed E-state index contributed by atoms with van der Waals surface area (Å²) in [5, 5.41) is 3.44. The smallest absolute Gasteiger partial charge is 0.269 e. The van der Waals surface area contributed by atoms with E-state index in [1.165, 1.54) is 10.6 Å². The third kappa shape index (κ3) is 1.86. The summed E-state index contributed by atoms with van der Waals surface area (Å²) in [4.78, 5) is 0. The van der Waals surface area contributed by atoms with Crippen molar-refractivity contribution in [3.63, 3.8) is 0 Å². The lowest BCUT2D eigenvalue weighted by Gasteiger charge is -2.08. The summed E-state index contributed by atoms with van der Waals surface area (Å²) in [5.74, 6) is 0. The predicted octanol–water partition coefficient (Wildman–Crippen LogP) is 1.04. The van der Waals surface area contributed by atoms with Crippen LogP contribution >= 0.6 is 0 Å². The minimum atomic E-state index is -1.45. The number of hydrogen-bond acceptors (Lipinski definition) is 3. The average molecular weight is 196 g/mol. The maximum Gasteiger partial charge on any atom is 0.341 e. The van der Waals surface area contributed by atoms with Gasteiger partial charge >= 0.3 is 11.3 Å². The van der Waals surface area contributed by atoms with Gasteiger partial charge in [-0.05, 0) is 5.56 Å². The molecule has 1 aliphatic heterocycles. The summed E-state index contributed by atoms with van der Waals surface area (Å²) in [6.45, 7) is 0.553. The summed E-state index contributed by atoms with van der Waals surface area (Å²) < 4.78 is 17.1. The highest BCUT2D eigenvalue weighted by Gasteiger charge is 2.16. The number of benzene rings is 1. The number of hydrogen-bond donors (Lipinski definition) is 0. The van der Waals surface area contributed by atoms with Gasteiger partial charge in [-0.3, -0.25) is 4.28 Å². The van der Waals surface area contributed by atoms with Gasteiger partial charge in [-0.1, -0.05) is 35.5 Å². The first-order valence-electron chi connectivity index (χ1n) is 3.80. The van der Waals surface area contributed by atoms with Gasteiger partial charge in [-0.25, -0.2) is 4.31 Å². The van der Waals surface area contributed by atoms with E-state index in [0.717, 1.165) is 5.56 Å². The molecule has 0 N–H and O–H groups in total. The molecule has 0 aromatic heterocycles. The molecule has 68 valence electrons. The van der Waals surface area contributed by atoms with Crippen LogP contribution < -0.4 is 0 Å². The Labute approximate surface area is 78.6 Å². The van der Waals surface area contributed by atoms with E-state index in [1.807, 2.05) is 30.3 Å². The van der Waals surface area contributed by atoms with Crippen LogP contribution in [0.2, 0.25) is 0 Å². The highest BCUT2D eigenvalue weighted by Crippen LogP contribution is 2.09. The quantitative estimate of drug-likeness (QED) is 0.709. The molecule has 1 atom stereocenters. The Hall–Kier alpha value is -1.36. The topological polar surface area (TPSA) is 41.9 Å². The van der Waals surface area contributed by atoms with Crippen molar-refractivity contribution in [2.75, 3.05) is 0 Å². The molecule has 1 aromatic rings. The van der Waals surface area contributed by atoms with Crippen molar-refractivity contribution < 1.29 is 8.49 Å². The van der Waals surface area contributed by atoms with Gasteiger partial charge in [0.25, 0.3) is 0 Å². The van der Waals surface area contributed by atoms with Crippen molar-refractivity contribution in [1.29, 1.82) is 0 Å². The third-order valence-corrected chi connectivity index (χ3v) is 2.48. The van der Waals surface area contributed by atoms with Gasteiger partial charge in [0, 0.05) is 0 Å². The Balaban J connectivity index is 2.06. The largest absolute Gasteiger partial charge is 0.341 e. The van der Waals surface area contributed by atoms with Crippen LogP contribution in [0, 0.1) is 0 Å². The Morgan fingerprint density at radius 1 is 1.38 bits per heavy atom. The fraction of sp³-hybridized carbons (Fsp3) is 0.125. The second kappa shape index (κ2) is 3.57. The number of nitrogens with zero attached hydrogens (tertiary/aromatic N) is 2. The predicted molar refractivity (Wildman–Crippen MR) is 49.7 cm³/mol. The van der Waals surface area contributed by atoms with Crippen LogP contribution in [0.5, 0.6) is 0 Å². The molecule has 1 unspecified atom stereocenters. The molecule has 0 radical (unpaired) electrons. The lowest BCUT2D eigenvalue weighted by Crippen LogP contribution is -2.19. The molecule has 13 heavy (non-hydrogen) atoms. The van der Waals surface area contributed by atoms with E-state index in [9.17, 15) is 4.21 Å². The molecule has 1 aliphatic rings. The molecule has 0 saturated carbocycles. The lowest BCUT2D eigenvalue weighted by atomic mass is 10.2. The van der Waals surface area contributed by atoms with Gasteiger partial charge in [0.15, 0.2) is 0 Å². The van der Waals surface area contributed by atoms with Crippen molar-refractivity contribution in [2.24, 2.45) is 5.16 Å². The van der Waals surface area contributed by atoms with Crippen molar-refractivity contribution in [3.05, 3.63) is 35.9 Å². The Bertz CT molecular complexity index is 339. The zero-order chi connectivity index (χ0) is 9.10. The van der Waals surface area contributed by atoms with Gasteiger partial charge < -0.3 is 0 Å². The first kappa shape index (κ1) is 8.25. The van der Waals surface area contributed by atoms with Crippen LogP contribution in [0.25, 0.3) is 0 Å². The van der Waals surface area contributed by atoms with E-state index >= 15 is 0 Å². The van der Waals surface area contributed by atoms with Crippen molar-refractivity contribution in [1.82, 2.24) is 4.31 Å². The first-order chi connectivity index (χ1) is 6.36. The normalized spacial score (nSPS) is 20.3. The monoisotopic (exact) mass is 196 g/mol. The summed E-state index contributed by atoms with van der Waals surface area (Å²) in [7, 11) is 0. The molecular formula is C8H8N2O2S. The molecule has 1 aromatic carbocycles. The second-order valence-electron chi connectivity index (χ2n) is 2.57. The molecule has 1 heterocycles. The Morgan fingerprint density at radius 3 is 2.77 bits per heavy atom. The van der Waals surface area contributed by atoms with Crippen LogP contribution in [0.15, 0.2) is 35.5 Å². The molecule has 0 spiro atoms. The van der Waals surface area contributed by atoms with Gasteiger partial charge in [0.05, 0.1) is 6.54 Å². The zero-order valence-electron chi connectivity index (χ0n) is 6.79. The van der Waals surface area contributed by atoms with Crippen molar-refractivity contribution >= 4 is 17.6 Å². The molecule has 4 nitrogen and oxygen atoms in total. The van der Waals surface area contributed by atoms with Gasteiger partial charge in [0.2, 0.25) is 0 Å². The first-order valence-corrected chi connectivity index (χ1v) is 4.83. The van der Waals surface area contributed by atoms with E-state index in [4.69, 9.17) is 0 Å². The van der Waals surface area contributed by atoms with Crippen LogP contribution in [0.3, 0.4) is 0 Å². The molecule has 0 saturated heterocycles. The Morgan fingerprint density at radius 2 is 2.15 bits per heavy atom. The van der Waals surface area contributed by atoms with E-state index in [1.54, 1.807) is 0 Å². The average Bonchev–Trinajstić information content (AvgIpc) is 2.54. The summed E-state index contributed by atoms with van der Waals surface area (Å²) in [5.41, 5.74) is 1.08. The Kier molecular flexibility index (Phi) is 2.27. The minimum absolute atomic E-state index is 0.553. The van der Waals surface area contributed by atoms with Crippen LogP contribution in [-0.4, -0.2) is 14.9 Å². The zero-order valence-corrected chi connectivity index (χ0v) is 7.61. The maximum absolute atomic E-state index is 11.1. The molecular weight excluding hydrogens is 188 g/mol. The summed E-state index contributed by atoms with van der Waals surface area (Å²) >= 11 is -1.45. The van der Waals surface area contributed by atoms with E-state index < -0.39 is 11.3 Å². The minimum Gasteiger partial charge on any atom is -0.269 e. The van der Waals surface area contributed by atoms with Gasteiger partial charge in [-0.15, -0.1) is 0 Å². The lowest BCUT2D eigenvalue weighted by molar-refractivity contribution is 0.378. The van der Waals surface area contributed by atoms with E-state index in [0.29, 0.717) is 6.54 Å². The second-order valence-corrected chi connectivity index (χ2v) is 3.63. The van der Waals surface area contributed by atoms with Crippen LogP contribution in [-0.2, 0) is 22.1 Å². The molecule has 2 rings (SSSR count). The maximum atomic E-state index is 11.1. The number of rotatable bonds is 2.